The maximum absolute atomic E-state index is 10.7. The predicted molar refractivity (Wildman–Crippen MR) is 92.5 cm³/mol. The van der Waals surface area contributed by atoms with Crippen LogP contribution in [0.15, 0.2) is 12.2 Å². The highest BCUT2D eigenvalue weighted by atomic mass is 16.4. The smallest absolute Gasteiger partial charge is 0.304 e. The Morgan fingerprint density at radius 2 is 2.00 bits per heavy atom. The van der Waals surface area contributed by atoms with Crippen LogP contribution in [-0.2, 0) is 4.79 Å². The van der Waals surface area contributed by atoms with Gasteiger partial charge in [-0.15, -0.1) is 0 Å². The summed E-state index contributed by atoms with van der Waals surface area (Å²) in [5.74, 6) is -0.826. The van der Waals surface area contributed by atoms with E-state index in [1.54, 1.807) is 0 Å². The van der Waals surface area contributed by atoms with Crippen LogP contribution in [0, 0.1) is 0 Å². The Bertz CT molecular complexity index is 324. The van der Waals surface area contributed by atoms with Crippen molar-refractivity contribution in [1.82, 2.24) is 10.2 Å². The van der Waals surface area contributed by atoms with Crippen LogP contribution in [0.4, 0.5) is 0 Å². The van der Waals surface area contributed by atoms with Gasteiger partial charge in [0.2, 0.25) is 0 Å². The van der Waals surface area contributed by atoms with E-state index in [4.69, 9.17) is 5.11 Å². The summed E-state index contributed by atoms with van der Waals surface area (Å²) in [6, 6.07) is 0. The Kier molecular flexibility index (Phi) is 14.0. The van der Waals surface area contributed by atoms with Crippen molar-refractivity contribution in [3.63, 3.8) is 0 Å². The second kappa shape index (κ2) is 14.6. The normalized spacial score (nSPS) is 14.5. The van der Waals surface area contributed by atoms with E-state index in [1.807, 2.05) is 24.0 Å². The molecule has 0 saturated carbocycles. The first-order valence-electron chi connectivity index (χ1n) is 8.61. The standard InChI is InChI=1S/C17H34N2O4/c1-3-5-7-15(20)13-18-10-12-19(11-9-17(22)23)14-16(21)8-6-4-2/h3,5,15-16,18,20-21H,4,6-14H2,1-2H3,(H,22,23)/b5-3+. The third-order valence-corrected chi connectivity index (χ3v) is 3.63. The van der Waals surface area contributed by atoms with Crippen molar-refractivity contribution in [2.24, 2.45) is 0 Å². The van der Waals surface area contributed by atoms with Gasteiger partial charge in [0.05, 0.1) is 18.6 Å². The Morgan fingerprint density at radius 1 is 1.26 bits per heavy atom. The van der Waals surface area contributed by atoms with Gasteiger partial charge in [0.1, 0.15) is 0 Å². The van der Waals surface area contributed by atoms with Crippen LogP contribution in [0.3, 0.4) is 0 Å². The summed E-state index contributed by atoms with van der Waals surface area (Å²) in [4.78, 5) is 12.7. The lowest BCUT2D eigenvalue weighted by Crippen LogP contribution is -2.40. The van der Waals surface area contributed by atoms with Crippen LogP contribution in [0.1, 0.15) is 46.0 Å². The van der Waals surface area contributed by atoms with E-state index in [1.165, 1.54) is 0 Å². The minimum atomic E-state index is -0.826. The summed E-state index contributed by atoms with van der Waals surface area (Å²) in [6.45, 7) is 6.76. The molecule has 0 aromatic rings. The summed E-state index contributed by atoms with van der Waals surface area (Å²) in [5.41, 5.74) is 0. The molecule has 23 heavy (non-hydrogen) atoms. The van der Waals surface area contributed by atoms with Gasteiger partial charge in [-0.05, 0) is 19.8 Å². The van der Waals surface area contributed by atoms with Gasteiger partial charge < -0.3 is 20.6 Å². The molecule has 2 unspecified atom stereocenters. The van der Waals surface area contributed by atoms with Crippen LogP contribution >= 0.6 is 0 Å². The summed E-state index contributed by atoms with van der Waals surface area (Å²) in [5, 5.41) is 31.7. The van der Waals surface area contributed by atoms with Gasteiger partial charge in [-0.3, -0.25) is 9.69 Å². The number of aliphatic hydroxyl groups excluding tert-OH is 2. The van der Waals surface area contributed by atoms with Gasteiger partial charge in [-0.2, -0.15) is 0 Å². The topological polar surface area (TPSA) is 93.0 Å². The number of rotatable bonds is 15. The number of hydrogen-bond donors (Lipinski definition) is 4. The molecule has 4 N–H and O–H groups in total. The predicted octanol–water partition coefficient (Wildman–Crippen LogP) is 1.23. The number of carboxylic acid groups (broad SMARTS) is 1. The molecule has 0 bridgehead atoms. The molecule has 0 aromatic heterocycles. The lowest BCUT2D eigenvalue weighted by molar-refractivity contribution is -0.137. The summed E-state index contributed by atoms with van der Waals surface area (Å²) < 4.78 is 0. The van der Waals surface area contributed by atoms with E-state index in [-0.39, 0.29) is 6.42 Å². The summed E-state index contributed by atoms with van der Waals surface area (Å²) in [7, 11) is 0. The molecule has 0 aliphatic rings. The lowest BCUT2D eigenvalue weighted by atomic mass is 10.1. The highest BCUT2D eigenvalue weighted by Crippen LogP contribution is 2.03. The molecule has 136 valence electrons. The zero-order valence-corrected chi connectivity index (χ0v) is 14.6. The molecule has 0 amide bonds. The van der Waals surface area contributed by atoms with Crippen molar-refractivity contribution < 1.29 is 20.1 Å². The van der Waals surface area contributed by atoms with Crippen LogP contribution in [-0.4, -0.2) is 71.1 Å². The van der Waals surface area contributed by atoms with E-state index in [0.29, 0.717) is 39.1 Å². The fourth-order valence-electron chi connectivity index (χ4n) is 2.26. The van der Waals surface area contributed by atoms with Crippen molar-refractivity contribution in [3.8, 4) is 0 Å². The maximum atomic E-state index is 10.7. The van der Waals surface area contributed by atoms with Gasteiger partial charge in [-0.1, -0.05) is 31.9 Å². The quantitative estimate of drug-likeness (QED) is 0.267. The highest BCUT2D eigenvalue weighted by molar-refractivity contribution is 5.66. The zero-order valence-electron chi connectivity index (χ0n) is 14.6. The van der Waals surface area contributed by atoms with Crippen molar-refractivity contribution in [3.05, 3.63) is 12.2 Å². The highest BCUT2D eigenvalue weighted by Gasteiger charge is 2.13. The Labute approximate surface area is 140 Å². The van der Waals surface area contributed by atoms with Crippen molar-refractivity contribution in [2.75, 3.05) is 32.7 Å². The van der Waals surface area contributed by atoms with Crippen LogP contribution in [0.5, 0.6) is 0 Å². The van der Waals surface area contributed by atoms with Crippen LogP contribution in [0.25, 0.3) is 0 Å². The average molecular weight is 330 g/mol. The van der Waals surface area contributed by atoms with Gasteiger partial charge in [0.15, 0.2) is 0 Å². The van der Waals surface area contributed by atoms with Gasteiger partial charge >= 0.3 is 5.97 Å². The van der Waals surface area contributed by atoms with E-state index < -0.39 is 18.2 Å². The SMILES string of the molecule is C/C=C/CC(O)CNCCN(CCC(=O)O)CC(O)CCCC. The van der Waals surface area contributed by atoms with E-state index in [0.717, 1.165) is 19.3 Å². The van der Waals surface area contributed by atoms with Crippen molar-refractivity contribution >= 4 is 5.97 Å². The second-order valence-electron chi connectivity index (χ2n) is 5.90. The molecule has 0 rings (SSSR count). The fraction of sp³-hybridized carbons (Fsp3) is 0.824. The molecule has 0 aromatic carbocycles. The second-order valence-corrected chi connectivity index (χ2v) is 5.90. The number of unbranched alkanes of at least 4 members (excludes halogenated alkanes) is 1. The van der Waals surface area contributed by atoms with E-state index in [9.17, 15) is 15.0 Å². The number of allylic oxidation sites excluding steroid dienone is 1. The molecule has 0 fully saturated rings. The Hall–Kier alpha value is -0.950. The first-order chi connectivity index (χ1) is 11.0. The van der Waals surface area contributed by atoms with Crippen LogP contribution < -0.4 is 5.32 Å². The minimum Gasteiger partial charge on any atom is -0.481 e. The van der Waals surface area contributed by atoms with Gasteiger partial charge in [0, 0.05) is 32.7 Å². The third kappa shape index (κ3) is 14.4. The number of carboxylic acids is 1. The monoisotopic (exact) mass is 330 g/mol. The Morgan fingerprint density at radius 3 is 2.61 bits per heavy atom. The molecular weight excluding hydrogens is 296 g/mol. The lowest BCUT2D eigenvalue weighted by Gasteiger charge is -2.25. The third-order valence-electron chi connectivity index (χ3n) is 3.63. The number of carbonyl (C=O) groups is 1. The molecule has 2 atom stereocenters. The molecule has 0 aliphatic carbocycles. The molecule has 0 saturated heterocycles. The molecule has 0 aliphatic heterocycles. The zero-order chi connectivity index (χ0) is 17.5. The van der Waals surface area contributed by atoms with Gasteiger partial charge in [-0.25, -0.2) is 0 Å². The average Bonchev–Trinajstić information content (AvgIpc) is 2.52. The number of nitrogens with one attached hydrogen (secondary N) is 1. The maximum Gasteiger partial charge on any atom is 0.304 e. The van der Waals surface area contributed by atoms with E-state index in [2.05, 4.69) is 12.2 Å². The largest absolute Gasteiger partial charge is 0.481 e. The number of aliphatic carboxylic acids is 1. The van der Waals surface area contributed by atoms with Crippen molar-refractivity contribution in [1.29, 1.82) is 0 Å². The van der Waals surface area contributed by atoms with Crippen molar-refractivity contribution in [2.45, 2.75) is 58.2 Å². The fourth-order valence-corrected chi connectivity index (χ4v) is 2.26. The first kappa shape index (κ1) is 22.1. The summed E-state index contributed by atoms with van der Waals surface area (Å²) in [6.07, 6.45) is 6.48. The molecular formula is C17H34N2O4. The van der Waals surface area contributed by atoms with Crippen LogP contribution in [0.2, 0.25) is 0 Å². The molecule has 0 radical (unpaired) electrons. The number of aliphatic hydroxyl groups is 2. The Balaban J connectivity index is 4.06. The molecule has 6 nitrogen and oxygen atoms in total. The molecule has 0 heterocycles. The molecule has 0 spiro atoms. The van der Waals surface area contributed by atoms with E-state index >= 15 is 0 Å². The number of hydrogen-bond acceptors (Lipinski definition) is 5. The van der Waals surface area contributed by atoms with Gasteiger partial charge in [0.25, 0.3) is 0 Å². The first-order valence-corrected chi connectivity index (χ1v) is 8.61. The minimum absolute atomic E-state index is 0.0738. The molecule has 6 heteroatoms. The number of nitrogens with zero attached hydrogens (tertiary/aromatic N) is 1. The summed E-state index contributed by atoms with van der Waals surface area (Å²) >= 11 is 0.